The summed E-state index contributed by atoms with van der Waals surface area (Å²) in [5.74, 6) is -0.797. The third-order valence-corrected chi connectivity index (χ3v) is 5.75. The van der Waals surface area contributed by atoms with Crippen LogP contribution in [0.1, 0.15) is 13.8 Å². The van der Waals surface area contributed by atoms with E-state index in [1.165, 1.54) is 12.1 Å². The summed E-state index contributed by atoms with van der Waals surface area (Å²) in [6.45, 7) is 3.38. The molecule has 1 fully saturated rings. The van der Waals surface area contributed by atoms with E-state index in [1.807, 2.05) is 0 Å². The fourth-order valence-corrected chi connectivity index (χ4v) is 4.55. The van der Waals surface area contributed by atoms with E-state index in [2.05, 4.69) is 4.84 Å². The van der Waals surface area contributed by atoms with Gasteiger partial charge in [0.15, 0.2) is 15.6 Å². The molecule has 146 valence electrons. The molecule has 1 aromatic carbocycles. The molecular formula is C14H19NO9S2. The fourth-order valence-electron chi connectivity index (χ4n) is 2.15. The number of carbonyl (C=O) groups excluding carboxylic acids is 1. The molecule has 12 heteroatoms. The van der Waals surface area contributed by atoms with Gasteiger partial charge >= 0.3 is 6.16 Å². The van der Waals surface area contributed by atoms with Gasteiger partial charge in [-0.15, -0.1) is 0 Å². The molecule has 1 aromatic rings. The minimum absolute atomic E-state index is 0.202. The van der Waals surface area contributed by atoms with Crippen LogP contribution in [0.25, 0.3) is 0 Å². The molecule has 10 nitrogen and oxygen atoms in total. The molecule has 1 saturated heterocycles. The monoisotopic (exact) mass is 409 g/mol. The minimum Gasteiger partial charge on any atom is -0.430 e. The van der Waals surface area contributed by atoms with E-state index in [0.717, 1.165) is 18.4 Å². The summed E-state index contributed by atoms with van der Waals surface area (Å²) in [5.41, 5.74) is 0. The van der Waals surface area contributed by atoms with E-state index in [4.69, 9.17) is 14.2 Å². The van der Waals surface area contributed by atoms with Crippen molar-refractivity contribution in [2.24, 2.45) is 0 Å². The van der Waals surface area contributed by atoms with Gasteiger partial charge in [0, 0.05) is 6.26 Å². The van der Waals surface area contributed by atoms with Gasteiger partial charge in [0.05, 0.1) is 11.5 Å². The first-order chi connectivity index (χ1) is 11.9. The van der Waals surface area contributed by atoms with E-state index < -0.39 is 47.7 Å². The molecule has 0 aliphatic carbocycles. The molecule has 0 unspecified atom stereocenters. The summed E-state index contributed by atoms with van der Waals surface area (Å²) in [6, 6.07) is 4.90. The zero-order valence-electron chi connectivity index (χ0n) is 14.3. The highest BCUT2D eigenvalue weighted by atomic mass is 32.2. The Morgan fingerprint density at radius 1 is 1.23 bits per heavy atom. The molecule has 0 aromatic heterocycles. The van der Waals surface area contributed by atoms with Gasteiger partial charge in [-0.1, -0.05) is 12.1 Å². The second kappa shape index (κ2) is 7.48. The molecule has 1 aliphatic rings. The van der Waals surface area contributed by atoms with Gasteiger partial charge in [-0.2, -0.15) is 0 Å². The molecule has 1 N–H and O–H groups in total. The normalized spacial score (nSPS) is 19.9. The Bertz CT molecular complexity index is 877. The average molecular weight is 409 g/mol. The van der Waals surface area contributed by atoms with Crippen LogP contribution in [0.4, 0.5) is 4.79 Å². The van der Waals surface area contributed by atoms with Crippen molar-refractivity contribution in [2.75, 3.05) is 19.5 Å². The van der Waals surface area contributed by atoms with Crippen molar-refractivity contribution in [3.05, 3.63) is 24.3 Å². The fraction of sp³-hybridized carbons (Fsp3) is 0.500. The van der Waals surface area contributed by atoms with E-state index >= 15 is 0 Å². The second-order valence-electron chi connectivity index (χ2n) is 5.92. The first-order valence-corrected chi connectivity index (χ1v) is 10.7. The molecule has 2 rings (SSSR count). The standard InChI is InChI=1S/C14H19NO9S2/c1-14(2)22-9-10(23-14)8-21-13(16)24-15-26(19,20)12-7-5-4-6-11(12)25(3,17)18/h4-7,10,15H,8-9H2,1-3H3/t10-/m1/s1. The van der Waals surface area contributed by atoms with Crippen LogP contribution in [0.5, 0.6) is 0 Å². The molecule has 0 spiro atoms. The third kappa shape index (κ3) is 5.38. The van der Waals surface area contributed by atoms with Crippen LogP contribution < -0.4 is 4.89 Å². The van der Waals surface area contributed by atoms with Gasteiger partial charge in [-0.05, 0) is 30.9 Å². The number of sulfonamides is 1. The molecular weight excluding hydrogens is 390 g/mol. The van der Waals surface area contributed by atoms with Gasteiger partial charge in [-0.3, -0.25) is 0 Å². The second-order valence-corrected chi connectivity index (χ2v) is 9.52. The summed E-state index contributed by atoms with van der Waals surface area (Å²) in [4.78, 5) is 16.4. The lowest BCUT2D eigenvalue weighted by Gasteiger charge is -2.16. The zero-order valence-corrected chi connectivity index (χ0v) is 15.9. The number of hydrogen-bond acceptors (Lipinski definition) is 9. The van der Waals surface area contributed by atoms with E-state index in [1.54, 1.807) is 18.7 Å². The lowest BCUT2D eigenvalue weighted by molar-refractivity contribution is -0.143. The predicted octanol–water partition coefficient (Wildman–Crippen LogP) is 0.588. The number of ether oxygens (including phenoxy) is 3. The number of benzene rings is 1. The molecule has 26 heavy (non-hydrogen) atoms. The third-order valence-electron chi connectivity index (χ3n) is 3.23. The van der Waals surface area contributed by atoms with E-state index in [-0.39, 0.29) is 13.2 Å². The van der Waals surface area contributed by atoms with Gasteiger partial charge < -0.3 is 19.0 Å². The van der Waals surface area contributed by atoms with Crippen LogP contribution in [-0.4, -0.2) is 54.4 Å². The Morgan fingerprint density at radius 2 is 1.85 bits per heavy atom. The van der Waals surface area contributed by atoms with Crippen molar-refractivity contribution in [3.63, 3.8) is 0 Å². The molecule has 0 saturated carbocycles. The van der Waals surface area contributed by atoms with Gasteiger partial charge in [0.25, 0.3) is 10.0 Å². The minimum atomic E-state index is -4.43. The van der Waals surface area contributed by atoms with Crippen LogP contribution in [-0.2, 0) is 38.9 Å². The van der Waals surface area contributed by atoms with Crippen molar-refractivity contribution in [1.82, 2.24) is 4.89 Å². The molecule has 1 aliphatic heterocycles. The van der Waals surface area contributed by atoms with Gasteiger partial charge in [0.1, 0.15) is 17.6 Å². The number of sulfone groups is 1. The van der Waals surface area contributed by atoms with Crippen LogP contribution in [0.3, 0.4) is 0 Å². The topological polar surface area (TPSA) is 134 Å². The maximum Gasteiger partial charge on any atom is 0.528 e. The number of carbonyl (C=O) groups is 1. The summed E-state index contributed by atoms with van der Waals surface area (Å²) in [5, 5.41) is 0. The SMILES string of the molecule is CC1(C)OC[C@@H](COC(=O)ONS(=O)(=O)c2ccccc2S(C)(=O)=O)O1. The van der Waals surface area contributed by atoms with Gasteiger partial charge in [0.2, 0.25) is 0 Å². The molecule has 1 atom stereocenters. The van der Waals surface area contributed by atoms with Crippen LogP contribution in [0, 0.1) is 0 Å². The van der Waals surface area contributed by atoms with Crippen molar-refractivity contribution < 1.29 is 40.7 Å². The summed E-state index contributed by atoms with van der Waals surface area (Å²) in [7, 11) is -8.24. The maximum atomic E-state index is 12.2. The van der Waals surface area contributed by atoms with Crippen molar-refractivity contribution >= 4 is 26.0 Å². The Balaban J connectivity index is 1.95. The highest BCUT2D eigenvalue weighted by Gasteiger charge is 2.33. The molecule has 0 amide bonds. The summed E-state index contributed by atoms with van der Waals surface area (Å²) in [6.07, 6.45) is -0.972. The number of rotatable bonds is 6. The first-order valence-electron chi connectivity index (χ1n) is 7.37. The van der Waals surface area contributed by atoms with E-state index in [0.29, 0.717) is 0 Å². The summed E-state index contributed by atoms with van der Waals surface area (Å²) >= 11 is 0. The summed E-state index contributed by atoms with van der Waals surface area (Å²) < 4.78 is 63.2. The molecule has 0 radical (unpaired) electrons. The average Bonchev–Trinajstić information content (AvgIpc) is 2.89. The Hall–Kier alpha value is -1.73. The highest BCUT2D eigenvalue weighted by molar-refractivity contribution is 7.93. The highest BCUT2D eigenvalue weighted by Crippen LogP contribution is 2.22. The van der Waals surface area contributed by atoms with Crippen LogP contribution in [0.2, 0.25) is 0 Å². The van der Waals surface area contributed by atoms with Crippen molar-refractivity contribution in [2.45, 2.75) is 35.5 Å². The Labute approximate surface area is 151 Å². The Kier molecular flexibility index (Phi) is 5.92. The van der Waals surface area contributed by atoms with E-state index in [9.17, 15) is 21.6 Å². The van der Waals surface area contributed by atoms with Crippen LogP contribution >= 0.6 is 0 Å². The zero-order chi connectivity index (χ0) is 19.6. The predicted molar refractivity (Wildman–Crippen MR) is 87.2 cm³/mol. The lowest BCUT2D eigenvalue weighted by Crippen LogP contribution is -2.31. The van der Waals surface area contributed by atoms with Crippen LogP contribution in [0.15, 0.2) is 34.1 Å². The van der Waals surface area contributed by atoms with Crippen molar-refractivity contribution in [1.29, 1.82) is 0 Å². The number of hydrogen-bond donors (Lipinski definition) is 1. The first kappa shape index (κ1) is 20.6. The quantitative estimate of drug-likeness (QED) is 0.529. The smallest absolute Gasteiger partial charge is 0.430 e. The van der Waals surface area contributed by atoms with Gasteiger partial charge in [-0.25, -0.2) is 21.6 Å². The maximum absolute atomic E-state index is 12.2. The molecule has 1 heterocycles. The lowest BCUT2D eigenvalue weighted by atomic mass is 10.4. The number of nitrogens with one attached hydrogen (secondary N) is 1. The van der Waals surface area contributed by atoms with Crippen molar-refractivity contribution in [3.8, 4) is 0 Å². The Morgan fingerprint density at radius 3 is 2.38 bits per heavy atom. The molecule has 0 bridgehead atoms. The largest absolute Gasteiger partial charge is 0.528 e.